The van der Waals surface area contributed by atoms with Crippen LogP contribution < -0.4 is 0 Å². The third-order valence-electron chi connectivity index (χ3n) is 2.43. The predicted molar refractivity (Wildman–Crippen MR) is 65.9 cm³/mol. The molecule has 0 aliphatic rings. The summed E-state index contributed by atoms with van der Waals surface area (Å²) in [5.41, 5.74) is 2.10. The Kier molecular flexibility index (Phi) is 3.19. The SMILES string of the molecule is CCCc1cc(=S)nc(-c2ccoc2C)[nH]1. The van der Waals surface area contributed by atoms with E-state index in [1.165, 1.54) is 0 Å². The molecular weight excluding hydrogens is 220 g/mol. The van der Waals surface area contributed by atoms with Crippen LogP contribution in [-0.4, -0.2) is 9.97 Å². The number of H-pyrrole nitrogens is 1. The fourth-order valence-corrected chi connectivity index (χ4v) is 1.90. The van der Waals surface area contributed by atoms with Gasteiger partial charge in [0.05, 0.1) is 11.8 Å². The van der Waals surface area contributed by atoms with Gasteiger partial charge >= 0.3 is 0 Å². The van der Waals surface area contributed by atoms with Crippen LogP contribution in [0.1, 0.15) is 24.8 Å². The molecule has 0 unspecified atom stereocenters. The Morgan fingerprint density at radius 2 is 2.31 bits per heavy atom. The minimum Gasteiger partial charge on any atom is -0.469 e. The number of aromatic nitrogens is 2. The average Bonchev–Trinajstić information content (AvgIpc) is 2.64. The summed E-state index contributed by atoms with van der Waals surface area (Å²) in [6, 6.07) is 3.82. The van der Waals surface area contributed by atoms with Crippen molar-refractivity contribution in [1.82, 2.24) is 9.97 Å². The Balaban J connectivity index is 2.49. The molecule has 0 amide bonds. The maximum atomic E-state index is 5.26. The van der Waals surface area contributed by atoms with Gasteiger partial charge in [-0.05, 0) is 25.5 Å². The molecule has 4 heteroatoms. The molecular formula is C12H14N2OS. The van der Waals surface area contributed by atoms with E-state index in [4.69, 9.17) is 16.6 Å². The zero-order valence-electron chi connectivity index (χ0n) is 9.41. The fraction of sp³-hybridized carbons (Fsp3) is 0.333. The van der Waals surface area contributed by atoms with Crippen LogP contribution in [0.3, 0.4) is 0 Å². The molecule has 0 saturated carbocycles. The van der Waals surface area contributed by atoms with E-state index in [0.29, 0.717) is 4.64 Å². The lowest BCUT2D eigenvalue weighted by molar-refractivity contribution is 0.535. The smallest absolute Gasteiger partial charge is 0.142 e. The minimum atomic E-state index is 0.623. The van der Waals surface area contributed by atoms with Crippen molar-refractivity contribution in [2.45, 2.75) is 26.7 Å². The van der Waals surface area contributed by atoms with Crippen LogP contribution in [0.5, 0.6) is 0 Å². The molecule has 2 aromatic heterocycles. The Labute approximate surface area is 99.5 Å². The molecule has 1 N–H and O–H groups in total. The first kappa shape index (κ1) is 11.1. The van der Waals surface area contributed by atoms with E-state index in [-0.39, 0.29) is 0 Å². The highest BCUT2D eigenvalue weighted by molar-refractivity contribution is 7.71. The standard InChI is InChI=1S/C12H14N2OS/c1-3-4-9-7-11(16)14-12(13-9)10-5-6-15-8(10)2/h5-7H,3-4H2,1-2H3,(H,13,14,16). The van der Waals surface area contributed by atoms with Gasteiger partial charge in [0, 0.05) is 5.69 Å². The number of aryl methyl sites for hydroxylation is 2. The second-order valence-corrected chi connectivity index (χ2v) is 4.15. The highest BCUT2D eigenvalue weighted by atomic mass is 32.1. The zero-order valence-corrected chi connectivity index (χ0v) is 10.2. The van der Waals surface area contributed by atoms with Gasteiger partial charge in [-0.1, -0.05) is 25.6 Å². The third kappa shape index (κ3) is 2.22. The molecule has 2 rings (SSSR count). The highest BCUT2D eigenvalue weighted by Crippen LogP contribution is 2.20. The Hall–Kier alpha value is -1.42. The van der Waals surface area contributed by atoms with Crippen molar-refractivity contribution < 1.29 is 4.42 Å². The molecule has 0 atom stereocenters. The first-order chi connectivity index (χ1) is 7.70. The van der Waals surface area contributed by atoms with Gasteiger partial charge < -0.3 is 9.40 Å². The second kappa shape index (κ2) is 4.61. The molecule has 0 aliphatic heterocycles. The first-order valence-electron chi connectivity index (χ1n) is 5.35. The van der Waals surface area contributed by atoms with E-state index in [1.807, 2.05) is 19.1 Å². The molecule has 16 heavy (non-hydrogen) atoms. The Morgan fingerprint density at radius 3 is 2.94 bits per heavy atom. The fourth-order valence-electron chi connectivity index (χ4n) is 1.67. The van der Waals surface area contributed by atoms with Gasteiger partial charge in [0.15, 0.2) is 0 Å². The molecule has 0 aromatic carbocycles. The number of furan rings is 1. The van der Waals surface area contributed by atoms with Gasteiger partial charge in [0.2, 0.25) is 0 Å². The van der Waals surface area contributed by atoms with Gasteiger partial charge in [0.1, 0.15) is 16.2 Å². The van der Waals surface area contributed by atoms with Crippen LogP contribution in [0.4, 0.5) is 0 Å². The van der Waals surface area contributed by atoms with E-state index in [0.717, 1.165) is 35.7 Å². The quantitative estimate of drug-likeness (QED) is 0.824. The van der Waals surface area contributed by atoms with E-state index < -0.39 is 0 Å². The van der Waals surface area contributed by atoms with Crippen LogP contribution in [0.15, 0.2) is 22.8 Å². The van der Waals surface area contributed by atoms with Gasteiger partial charge in [-0.2, -0.15) is 0 Å². The monoisotopic (exact) mass is 234 g/mol. The largest absolute Gasteiger partial charge is 0.469 e. The molecule has 0 aliphatic carbocycles. The Morgan fingerprint density at radius 1 is 1.50 bits per heavy atom. The van der Waals surface area contributed by atoms with Gasteiger partial charge in [-0.15, -0.1) is 0 Å². The summed E-state index contributed by atoms with van der Waals surface area (Å²) in [7, 11) is 0. The lowest BCUT2D eigenvalue weighted by Gasteiger charge is -2.03. The molecule has 0 saturated heterocycles. The lowest BCUT2D eigenvalue weighted by Crippen LogP contribution is -1.96. The molecule has 2 heterocycles. The molecule has 0 radical (unpaired) electrons. The number of nitrogens with zero attached hydrogens (tertiary/aromatic N) is 1. The summed E-state index contributed by atoms with van der Waals surface area (Å²) in [6.45, 7) is 4.06. The number of nitrogens with one attached hydrogen (secondary N) is 1. The number of hydrogen-bond acceptors (Lipinski definition) is 3. The summed E-state index contributed by atoms with van der Waals surface area (Å²) in [6.07, 6.45) is 3.73. The molecule has 0 spiro atoms. The van der Waals surface area contributed by atoms with Gasteiger partial charge in [0.25, 0.3) is 0 Å². The molecule has 0 bridgehead atoms. The van der Waals surface area contributed by atoms with Crippen molar-refractivity contribution in [1.29, 1.82) is 0 Å². The molecule has 0 fully saturated rings. The highest BCUT2D eigenvalue weighted by Gasteiger charge is 2.07. The molecule has 84 valence electrons. The summed E-state index contributed by atoms with van der Waals surface area (Å²) in [5, 5.41) is 0. The van der Waals surface area contributed by atoms with Crippen molar-refractivity contribution in [3.63, 3.8) is 0 Å². The van der Waals surface area contributed by atoms with Crippen molar-refractivity contribution in [2.24, 2.45) is 0 Å². The summed E-state index contributed by atoms with van der Waals surface area (Å²) in [5.74, 6) is 1.65. The first-order valence-corrected chi connectivity index (χ1v) is 5.76. The maximum Gasteiger partial charge on any atom is 0.142 e. The normalized spacial score (nSPS) is 10.6. The molecule has 3 nitrogen and oxygen atoms in total. The summed E-state index contributed by atoms with van der Waals surface area (Å²) < 4.78 is 5.89. The predicted octanol–water partition coefficient (Wildman–Crippen LogP) is 3.66. The van der Waals surface area contributed by atoms with Gasteiger partial charge in [-0.25, -0.2) is 4.98 Å². The average molecular weight is 234 g/mol. The van der Waals surface area contributed by atoms with Crippen molar-refractivity contribution in [3.05, 3.63) is 34.5 Å². The molecule has 2 aromatic rings. The van der Waals surface area contributed by atoms with E-state index in [9.17, 15) is 0 Å². The van der Waals surface area contributed by atoms with E-state index >= 15 is 0 Å². The zero-order chi connectivity index (χ0) is 11.5. The second-order valence-electron chi connectivity index (χ2n) is 3.73. The van der Waals surface area contributed by atoms with E-state index in [2.05, 4.69) is 16.9 Å². The van der Waals surface area contributed by atoms with Crippen LogP contribution in [-0.2, 0) is 6.42 Å². The number of hydrogen-bond donors (Lipinski definition) is 1. The van der Waals surface area contributed by atoms with Crippen LogP contribution >= 0.6 is 12.2 Å². The third-order valence-corrected chi connectivity index (χ3v) is 2.64. The maximum absolute atomic E-state index is 5.26. The van der Waals surface area contributed by atoms with Crippen LogP contribution in [0, 0.1) is 11.6 Å². The van der Waals surface area contributed by atoms with Crippen molar-refractivity contribution in [2.75, 3.05) is 0 Å². The van der Waals surface area contributed by atoms with Crippen molar-refractivity contribution >= 4 is 12.2 Å². The van der Waals surface area contributed by atoms with Gasteiger partial charge in [-0.3, -0.25) is 0 Å². The Bertz CT molecular complexity index is 542. The topological polar surface area (TPSA) is 41.8 Å². The summed E-state index contributed by atoms with van der Waals surface area (Å²) >= 11 is 5.16. The van der Waals surface area contributed by atoms with Crippen molar-refractivity contribution in [3.8, 4) is 11.4 Å². The van der Waals surface area contributed by atoms with Crippen LogP contribution in [0.25, 0.3) is 11.4 Å². The number of rotatable bonds is 3. The van der Waals surface area contributed by atoms with Crippen LogP contribution in [0.2, 0.25) is 0 Å². The van der Waals surface area contributed by atoms with E-state index in [1.54, 1.807) is 6.26 Å². The lowest BCUT2D eigenvalue weighted by atomic mass is 10.2. The number of aromatic amines is 1. The summed E-state index contributed by atoms with van der Waals surface area (Å²) in [4.78, 5) is 7.61. The minimum absolute atomic E-state index is 0.623.